The average Bonchev–Trinajstić information content (AvgIpc) is 2.59. The molecule has 0 amide bonds. The van der Waals surface area contributed by atoms with Crippen LogP contribution in [0.3, 0.4) is 0 Å². The maximum Gasteiger partial charge on any atom is 0.203 e. The lowest BCUT2D eigenvalue weighted by atomic mass is 10.1. The fraction of sp³-hybridized carbons (Fsp3) is 0.611. The number of nitrogens with zero attached hydrogens (tertiary/aromatic N) is 1. The van der Waals surface area contributed by atoms with Gasteiger partial charge in [-0.05, 0) is 38.5 Å². The highest BCUT2D eigenvalue weighted by Crippen LogP contribution is 2.38. The molecule has 1 rings (SSSR count). The molecule has 3 N–H and O–H groups in total. The molecule has 0 aliphatic heterocycles. The Morgan fingerprint density at radius 1 is 0.960 bits per heavy atom. The first-order chi connectivity index (χ1) is 11.8. The molecule has 0 atom stereocenters. The third-order valence-corrected chi connectivity index (χ3v) is 3.48. The van der Waals surface area contributed by atoms with Gasteiger partial charge in [-0.1, -0.05) is 0 Å². The minimum atomic E-state index is 0.106. The fourth-order valence-electron chi connectivity index (χ4n) is 2.26. The normalized spacial score (nSPS) is 11.9. The molecule has 1 aromatic rings. The zero-order valence-corrected chi connectivity index (χ0v) is 16.4. The molecule has 0 aromatic heterocycles. The number of benzene rings is 1. The van der Waals surface area contributed by atoms with Crippen LogP contribution in [-0.4, -0.2) is 53.0 Å². The van der Waals surface area contributed by atoms with Gasteiger partial charge < -0.3 is 30.2 Å². The van der Waals surface area contributed by atoms with E-state index < -0.39 is 0 Å². The van der Waals surface area contributed by atoms with Gasteiger partial charge in [-0.3, -0.25) is 4.99 Å². The van der Waals surface area contributed by atoms with Crippen LogP contribution >= 0.6 is 0 Å². The summed E-state index contributed by atoms with van der Waals surface area (Å²) in [5, 5.41) is 9.99. The van der Waals surface area contributed by atoms with Crippen molar-refractivity contribution in [1.82, 2.24) is 16.0 Å². The highest BCUT2D eigenvalue weighted by molar-refractivity contribution is 5.79. The van der Waals surface area contributed by atoms with Crippen LogP contribution in [0, 0.1) is 0 Å². The van der Waals surface area contributed by atoms with Crippen molar-refractivity contribution in [2.45, 2.75) is 32.9 Å². The van der Waals surface area contributed by atoms with Crippen LogP contribution in [0.5, 0.6) is 17.2 Å². The van der Waals surface area contributed by atoms with E-state index in [0.29, 0.717) is 23.8 Å². The molecule has 1 aromatic carbocycles. The molecule has 0 radical (unpaired) electrons. The van der Waals surface area contributed by atoms with E-state index in [-0.39, 0.29) is 5.54 Å². The lowest BCUT2D eigenvalue weighted by Crippen LogP contribution is -2.44. The summed E-state index contributed by atoms with van der Waals surface area (Å²) in [7, 11) is 6.56. The maximum absolute atomic E-state index is 5.38. The van der Waals surface area contributed by atoms with Crippen LogP contribution < -0.4 is 30.2 Å². The topological polar surface area (TPSA) is 76.1 Å². The smallest absolute Gasteiger partial charge is 0.203 e. The number of aliphatic imine (C=N–C) groups is 1. The van der Waals surface area contributed by atoms with E-state index in [9.17, 15) is 0 Å². The van der Waals surface area contributed by atoms with Gasteiger partial charge in [0.1, 0.15) is 0 Å². The van der Waals surface area contributed by atoms with Gasteiger partial charge in [0.15, 0.2) is 17.5 Å². The minimum absolute atomic E-state index is 0.106. The first kappa shape index (κ1) is 20.9. The summed E-state index contributed by atoms with van der Waals surface area (Å²) in [6.45, 7) is 8.66. The van der Waals surface area contributed by atoms with Crippen molar-refractivity contribution < 1.29 is 14.2 Å². The predicted octanol–water partition coefficient (Wildman–Crippen LogP) is 1.77. The van der Waals surface area contributed by atoms with Crippen LogP contribution in [0.4, 0.5) is 0 Å². The Hall–Kier alpha value is -2.15. The molecule has 0 saturated heterocycles. The van der Waals surface area contributed by atoms with Crippen molar-refractivity contribution in [2.75, 3.05) is 41.5 Å². The lowest BCUT2D eigenvalue weighted by molar-refractivity contribution is 0.323. The van der Waals surface area contributed by atoms with E-state index in [4.69, 9.17) is 14.2 Å². The number of nitrogens with one attached hydrogen (secondary N) is 3. The molecule has 7 heteroatoms. The van der Waals surface area contributed by atoms with E-state index in [1.807, 2.05) is 12.1 Å². The van der Waals surface area contributed by atoms with Gasteiger partial charge in [0, 0.05) is 32.2 Å². The largest absolute Gasteiger partial charge is 0.493 e. The second kappa shape index (κ2) is 9.98. The summed E-state index contributed by atoms with van der Waals surface area (Å²) in [6.07, 6.45) is 0. The quantitative estimate of drug-likeness (QED) is 0.376. The highest BCUT2D eigenvalue weighted by atomic mass is 16.5. The number of rotatable bonds is 8. The average molecular weight is 352 g/mol. The molecular formula is C18H32N4O3. The Labute approximate surface area is 151 Å². The summed E-state index contributed by atoms with van der Waals surface area (Å²) < 4.78 is 16.1. The van der Waals surface area contributed by atoms with Gasteiger partial charge in [0.2, 0.25) is 5.75 Å². The number of guanidine groups is 1. The van der Waals surface area contributed by atoms with Crippen molar-refractivity contribution in [3.8, 4) is 17.2 Å². The molecule has 0 unspecified atom stereocenters. The molecule has 0 saturated carbocycles. The van der Waals surface area contributed by atoms with Crippen molar-refractivity contribution >= 4 is 5.96 Å². The van der Waals surface area contributed by atoms with Gasteiger partial charge in [0.25, 0.3) is 0 Å². The van der Waals surface area contributed by atoms with E-state index in [1.165, 1.54) is 0 Å². The molecule has 7 nitrogen and oxygen atoms in total. The summed E-state index contributed by atoms with van der Waals surface area (Å²) in [5.74, 6) is 2.60. The molecular weight excluding hydrogens is 320 g/mol. The summed E-state index contributed by atoms with van der Waals surface area (Å²) in [4.78, 5) is 4.24. The Kier molecular flexibility index (Phi) is 8.34. The Morgan fingerprint density at radius 3 is 2.00 bits per heavy atom. The van der Waals surface area contributed by atoms with Gasteiger partial charge in [-0.15, -0.1) is 0 Å². The van der Waals surface area contributed by atoms with E-state index in [0.717, 1.165) is 24.6 Å². The van der Waals surface area contributed by atoms with Crippen LogP contribution in [0.1, 0.15) is 26.3 Å². The van der Waals surface area contributed by atoms with E-state index in [1.54, 1.807) is 28.4 Å². The molecule has 142 valence electrons. The summed E-state index contributed by atoms with van der Waals surface area (Å²) >= 11 is 0. The summed E-state index contributed by atoms with van der Waals surface area (Å²) in [5.41, 5.74) is 1.11. The molecule has 0 fully saturated rings. The number of methoxy groups -OCH3 is 3. The third kappa shape index (κ3) is 7.09. The predicted molar refractivity (Wildman–Crippen MR) is 102 cm³/mol. The van der Waals surface area contributed by atoms with Crippen LogP contribution in [-0.2, 0) is 6.54 Å². The molecule has 25 heavy (non-hydrogen) atoms. The van der Waals surface area contributed by atoms with E-state index in [2.05, 4.69) is 41.7 Å². The van der Waals surface area contributed by atoms with Crippen molar-refractivity contribution in [3.63, 3.8) is 0 Å². The highest BCUT2D eigenvalue weighted by Gasteiger charge is 2.13. The van der Waals surface area contributed by atoms with Crippen molar-refractivity contribution in [1.29, 1.82) is 0 Å². The number of hydrogen-bond donors (Lipinski definition) is 3. The Balaban J connectivity index is 2.63. The van der Waals surface area contributed by atoms with Crippen LogP contribution in [0.2, 0.25) is 0 Å². The van der Waals surface area contributed by atoms with E-state index >= 15 is 0 Å². The first-order valence-corrected chi connectivity index (χ1v) is 8.33. The standard InChI is InChI=1S/C18H32N4O3/c1-18(2,3)22-9-8-20-17(19-4)21-12-13-10-14(23-5)16(25-7)15(11-13)24-6/h10-11,22H,8-9,12H2,1-7H3,(H2,19,20,21). The summed E-state index contributed by atoms with van der Waals surface area (Å²) in [6, 6.07) is 3.84. The molecule has 0 bridgehead atoms. The molecule has 0 spiro atoms. The second-order valence-corrected chi connectivity index (χ2v) is 6.56. The zero-order chi connectivity index (χ0) is 18.9. The fourth-order valence-corrected chi connectivity index (χ4v) is 2.26. The van der Waals surface area contributed by atoms with Crippen molar-refractivity contribution in [3.05, 3.63) is 17.7 Å². The van der Waals surface area contributed by atoms with Gasteiger partial charge in [0.05, 0.1) is 21.3 Å². The molecule has 0 aliphatic rings. The third-order valence-electron chi connectivity index (χ3n) is 3.48. The minimum Gasteiger partial charge on any atom is -0.493 e. The van der Waals surface area contributed by atoms with Gasteiger partial charge >= 0.3 is 0 Å². The second-order valence-electron chi connectivity index (χ2n) is 6.56. The molecule has 0 aliphatic carbocycles. The van der Waals surface area contributed by atoms with Crippen molar-refractivity contribution in [2.24, 2.45) is 4.99 Å². The number of hydrogen-bond acceptors (Lipinski definition) is 5. The first-order valence-electron chi connectivity index (χ1n) is 8.33. The monoisotopic (exact) mass is 352 g/mol. The van der Waals surface area contributed by atoms with Crippen LogP contribution in [0.15, 0.2) is 17.1 Å². The number of ether oxygens (including phenoxy) is 3. The van der Waals surface area contributed by atoms with Crippen LogP contribution in [0.25, 0.3) is 0 Å². The lowest BCUT2D eigenvalue weighted by Gasteiger charge is -2.21. The Morgan fingerprint density at radius 2 is 1.56 bits per heavy atom. The maximum atomic E-state index is 5.38. The molecule has 0 heterocycles. The zero-order valence-electron chi connectivity index (χ0n) is 16.4. The van der Waals surface area contributed by atoms with Gasteiger partial charge in [-0.25, -0.2) is 0 Å². The Bertz CT molecular complexity index is 543. The van der Waals surface area contributed by atoms with Gasteiger partial charge in [-0.2, -0.15) is 0 Å². The SMILES string of the molecule is CN=C(NCCNC(C)(C)C)NCc1cc(OC)c(OC)c(OC)c1.